The second-order valence-corrected chi connectivity index (χ2v) is 5.43. The minimum Gasteiger partial charge on any atom is -0.331 e. The molecule has 1 aliphatic heterocycles. The fraction of sp³-hybridized carbons (Fsp3) is 0.467. The van der Waals surface area contributed by atoms with E-state index in [9.17, 15) is 14.0 Å². The summed E-state index contributed by atoms with van der Waals surface area (Å²) < 4.78 is 13.5. The van der Waals surface area contributed by atoms with E-state index in [2.05, 4.69) is 5.32 Å². The van der Waals surface area contributed by atoms with Crippen LogP contribution in [-0.4, -0.2) is 48.9 Å². The van der Waals surface area contributed by atoms with Gasteiger partial charge in [-0.1, -0.05) is 12.1 Å². The molecule has 3 amide bonds. The van der Waals surface area contributed by atoms with E-state index in [4.69, 9.17) is 0 Å². The fourth-order valence-corrected chi connectivity index (χ4v) is 2.45. The molecule has 1 N–H and O–H groups in total. The summed E-state index contributed by atoms with van der Waals surface area (Å²) >= 11 is 0. The molecule has 1 aromatic rings. The highest BCUT2D eigenvalue weighted by atomic mass is 19.1. The standard InChI is InChI=1S/C15H20FN3O2/c1-18(2)15(21)19-9-5-6-11(10-19)14(20)17-13-8-4-3-7-12(13)16/h3-4,7-8,11H,5-6,9-10H2,1-2H3,(H,17,20)/t11-/m1/s1. The van der Waals surface area contributed by atoms with E-state index in [1.165, 1.54) is 17.0 Å². The smallest absolute Gasteiger partial charge is 0.319 e. The summed E-state index contributed by atoms with van der Waals surface area (Å²) in [5.41, 5.74) is 0.179. The fourth-order valence-electron chi connectivity index (χ4n) is 2.45. The van der Waals surface area contributed by atoms with Crippen LogP contribution in [0.25, 0.3) is 0 Å². The first-order valence-electron chi connectivity index (χ1n) is 7.00. The van der Waals surface area contributed by atoms with Gasteiger partial charge in [0.15, 0.2) is 0 Å². The summed E-state index contributed by atoms with van der Waals surface area (Å²) in [5.74, 6) is -0.999. The summed E-state index contributed by atoms with van der Waals surface area (Å²) in [6, 6.07) is 5.97. The first-order valence-corrected chi connectivity index (χ1v) is 7.00. The third kappa shape index (κ3) is 3.71. The maximum Gasteiger partial charge on any atom is 0.319 e. The van der Waals surface area contributed by atoms with Crippen molar-refractivity contribution in [2.75, 3.05) is 32.5 Å². The van der Waals surface area contributed by atoms with E-state index in [0.717, 1.165) is 6.42 Å². The lowest BCUT2D eigenvalue weighted by Crippen LogP contribution is -2.47. The summed E-state index contributed by atoms with van der Waals surface area (Å²) in [7, 11) is 3.37. The van der Waals surface area contributed by atoms with Gasteiger partial charge in [0.2, 0.25) is 5.91 Å². The van der Waals surface area contributed by atoms with Gasteiger partial charge in [-0.15, -0.1) is 0 Å². The maximum absolute atomic E-state index is 13.5. The van der Waals surface area contributed by atoms with Crippen LogP contribution in [0.15, 0.2) is 24.3 Å². The van der Waals surface area contributed by atoms with Gasteiger partial charge in [-0.25, -0.2) is 9.18 Å². The number of likely N-dealkylation sites (tertiary alicyclic amines) is 1. The number of hydrogen-bond donors (Lipinski definition) is 1. The van der Waals surface area contributed by atoms with Crippen LogP contribution in [-0.2, 0) is 4.79 Å². The molecule has 0 saturated carbocycles. The van der Waals surface area contributed by atoms with Crippen molar-refractivity contribution < 1.29 is 14.0 Å². The zero-order chi connectivity index (χ0) is 15.4. The van der Waals surface area contributed by atoms with Crippen LogP contribution >= 0.6 is 0 Å². The highest BCUT2D eigenvalue weighted by Gasteiger charge is 2.29. The average molecular weight is 293 g/mol. The first-order chi connectivity index (χ1) is 9.99. The number of urea groups is 1. The molecular formula is C15H20FN3O2. The van der Waals surface area contributed by atoms with Crippen LogP contribution in [0.1, 0.15) is 12.8 Å². The van der Waals surface area contributed by atoms with Crippen molar-refractivity contribution in [1.29, 1.82) is 0 Å². The minimum absolute atomic E-state index is 0.0987. The number of para-hydroxylation sites is 1. The molecule has 1 atom stereocenters. The third-order valence-corrected chi connectivity index (χ3v) is 3.58. The number of piperidine rings is 1. The average Bonchev–Trinajstić information content (AvgIpc) is 2.48. The van der Waals surface area contributed by atoms with Crippen molar-refractivity contribution in [1.82, 2.24) is 9.80 Å². The van der Waals surface area contributed by atoms with Crippen molar-refractivity contribution in [3.05, 3.63) is 30.1 Å². The number of hydrogen-bond acceptors (Lipinski definition) is 2. The SMILES string of the molecule is CN(C)C(=O)N1CCC[C@@H](C(=O)Nc2ccccc2F)C1. The van der Waals surface area contributed by atoms with Crippen LogP contribution in [0, 0.1) is 11.7 Å². The predicted octanol–water partition coefficient (Wildman–Crippen LogP) is 2.16. The molecule has 0 aromatic heterocycles. The lowest BCUT2D eigenvalue weighted by molar-refractivity contribution is -0.121. The Balaban J connectivity index is 1.99. The highest BCUT2D eigenvalue weighted by molar-refractivity contribution is 5.93. The topological polar surface area (TPSA) is 52.7 Å². The predicted molar refractivity (Wildman–Crippen MR) is 78.4 cm³/mol. The molecule has 1 aromatic carbocycles. The zero-order valence-corrected chi connectivity index (χ0v) is 12.3. The van der Waals surface area contributed by atoms with E-state index in [1.54, 1.807) is 31.1 Å². The second kappa shape index (κ2) is 6.56. The Labute approximate surface area is 123 Å². The van der Waals surface area contributed by atoms with E-state index >= 15 is 0 Å². The molecule has 0 radical (unpaired) electrons. The minimum atomic E-state index is -0.456. The van der Waals surface area contributed by atoms with Gasteiger partial charge in [-0.3, -0.25) is 4.79 Å². The van der Waals surface area contributed by atoms with Crippen molar-refractivity contribution >= 4 is 17.6 Å². The summed E-state index contributed by atoms with van der Waals surface area (Å²) in [4.78, 5) is 27.3. The number of rotatable bonds is 2. The van der Waals surface area contributed by atoms with Crippen LogP contribution in [0.5, 0.6) is 0 Å². The monoisotopic (exact) mass is 293 g/mol. The Bertz CT molecular complexity index is 533. The van der Waals surface area contributed by atoms with Gasteiger partial charge in [-0.2, -0.15) is 0 Å². The zero-order valence-electron chi connectivity index (χ0n) is 12.3. The van der Waals surface area contributed by atoms with Crippen LogP contribution < -0.4 is 5.32 Å². The molecule has 2 rings (SSSR count). The Hall–Kier alpha value is -2.11. The Morgan fingerprint density at radius 2 is 2.05 bits per heavy atom. The van der Waals surface area contributed by atoms with Crippen LogP contribution in [0.2, 0.25) is 0 Å². The lowest BCUT2D eigenvalue weighted by atomic mass is 9.97. The quantitative estimate of drug-likeness (QED) is 0.908. The first kappa shape index (κ1) is 15.3. The molecule has 1 heterocycles. The van der Waals surface area contributed by atoms with Crippen molar-refractivity contribution in [2.24, 2.45) is 5.92 Å². The van der Waals surface area contributed by atoms with Gasteiger partial charge >= 0.3 is 6.03 Å². The van der Waals surface area contributed by atoms with E-state index in [0.29, 0.717) is 19.5 Å². The van der Waals surface area contributed by atoms with Crippen LogP contribution in [0.4, 0.5) is 14.9 Å². The number of benzene rings is 1. The summed E-state index contributed by atoms with van der Waals surface area (Å²) in [6.45, 7) is 1.03. The number of carbonyl (C=O) groups excluding carboxylic acids is 2. The number of halogens is 1. The highest BCUT2D eigenvalue weighted by Crippen LogP contribution is 2.20. The molecule has 0 aliphatic carbocycles. The van der Waals surface area contributed by atoms with E-state index in [1.807, 2.05) is 0 Å². The van der Waals surface area contributed by atoms with Gasteiger partial charge < -0.3 is 15.1 Å². The lowest BCUT2D eigenvalue weighted by Gasteiger charge is -2.33. The number of anilines is 1. The van der Waals surface area contributed by atoms with Gasteiger partial charge in [0.05, 0.1) is 11.6 Å². The molecule has 114 valence electrons. The van der Waals surface area contributed by atoms with Crippen molar-refractivity contribution in [3.63, 3.8) is 0 Å². The number of amides is 3. The van der Waals surface area contributed by atoms with Gasteiger partial charge in [-0.05, 0) is 25.0 Å². The van der Waals surface area contributed by atoms with Gasteiger partial charge in [0.25, 0.3) is 0 Å². The summed E-state index contributed by atoms with van der Waals surface area (Å²) in [6.07, 6.45) is 1.48. The normalized spacial score (nSPS) is 18.2. The van der Waals surface area contributed by atoms with Gasteiger partial charge in [0.1, 0.15) is 5.82 Å². The molecule has 1 saturated heterocycles. The molecular weight excluding hydrogens is 273 g/mol. The van der Waals surface area contributed by atoms with Gasteiger partial charge in [0, 0.05) is 27.2 Å². The molecule has 6 heteroatoms. The molecule has 1 fully saturated rings. The van der Waals surface area contributed by atoms with E-state index < -0.39 is 5.82 Å². The largest absolute Gasteiger partial charge is 0.331 e. The number of nitrogens with zero attached hydrogens (tertiary/aromatic N) is 2. The maximum atomic E-state index is 13.5. The van der Waals surface area contributed by atoms with Crippen molar-refractivity contribution in [3.8, 4) is 0 Å². The second-order valence-electron chi connectivity index (χ2n) is 5.43. The van der Waals surface area contributed by atoms with Crippen molar-refractivity contribution in [2.45, 2.75) is 12.8 Å². The molecule has 0 spiro atoms. The Kier molecular flexibility index (Phi) is 4.77. The molecule has 5 nitrogen and oxygen atoms in total. The molecule has 0 bridgehead atoms. The molecule has 21 heavy (non-hydrogen) atoms. The Morgan fingerprint density at radius 3 is 2.71 bits per heavy atom. The Morgan fingerprint density at radius 1 is 1.33 bits per heavy atom. The molecule has 1 aliphatic rings. The number of carbonyl (C=O) groups is 2. The van der Waals surface area contributed by atoms with Crippen LogP contribution in [0.3, 0.4) is 0 Å². The molecule has 0 unspecified atom stereocenters. The summed E-state index contributed by atoms with van der Waals surface area (Å²) in [5, 5.41) is 2.60. The number of nitrogens with one attached hydrogen (secondary N) is 1. The van der Waals surface area contributed by atoms with E-state index in [-0.39, 0.29) is 23.5 Å². The third-order valence-electron chi connectivity index (χ3n) is 3.58.